The molecule has 168 valence electrons. The molecule has 3 aromatic rings. The maximum atomic E-state index is 11.5. The molecule has 0 saturated carbocycles. The number of carboxylic acid groups (broad SMARTS) is 1. The Morgan fingerprint density at radius 1 is 0.938 bits per heavy atom. The van der Waals surface area contributed by atoms with E-state index in [1.807, 2.05) is 48.3 Å². The number of carbonyl (C=O) groups is 1. The van der Waals surface area contributed by atoms with Gasteiger partial charge in [-0.15, -0.1) is 0 Å². The third-order valence-electron chi connectivity index (χ3n) is 5.82. The number of nitrogens with zero attached hydrogens (tertiary/aromatic N) is 1. The first-order valence-electron chi connectivity index (χ1n) is 11.2. The van der Waals surface area contributed by atoms with Gasteiger partial charge in [-0.2, -0.15) is 0 Å². The zero-order valence-corrected chi connectivity index (χ0v) is 19.2. The molecule has 0 unspecified atom stereocenters. The summed E-state index contributed by atoms with van der Waals surface area (Å²) in [5, 5.41) is 9.46. The van der Waals surface area contributed by atoms with Crippen molar-refractivity contribution in [2.24, 2.45) is 0 Å². The van der Waals surface area contributed by atoms with E-state index in [-0.39, 0.29) is 18.5 Å². The van der Waals surface area contributed by atoms with Gasteiger partial charge in [0.2, 0.25) is 0 Å². The fourth-order valence-corrected chi connectivity index (χ4v) is 4.30. The van der Waals surface area contributed by atoms with Gasteiger partial charge in [-0.25, -0.2) is 0 Å². The van der Waals surface area contributed by atoms with Crippen molar-refractivity contribution in [2.45, 2.75) is 38.8 Å². The lowest BCUT2D eigenvalue weighted by molar-refractivity contribution is -0.138. The van der Waals surface area contributed by atoms with E-state index in [0.29, 0.717) is 13.2 Å². The smallest absolute Gasteiger partial charge is 0.317 e. The molecule has 0 aromatic heterocycles. The monoisotopic (exact) mass is 431 g/mol. The summed E-state index contributed by atoms with van der Waals surface area (Å²) < 4.78 is 6.23. The van der Waals surface area contributed by atoms with E-state index in [9.17, 15) is 9.90 Å². The van der Waals surface area contributed by atoms with E-state index >= 15 is 0 Å². The summed E-state index contributed by atoms with van der Waals surface area (Å²) in [5.74, 6) is -0.853. The Labute approximate surface area is 191 Å². The first kappa shape index (κ1) is 23.7. The molecule has 0 fully saturated rings. The van der Waals surface area contributed by atoms with Gasteiger partial charge in [-0.3, -0.25) is 9.69 Å². The summed E-state index contributed by atoms with van der Waals surface area (Å²) in [6.45, 7) is 5.14. The molecule has 4 heteroatoms. The van der Waals surface area contributed by atoms with E-state index in [1.165, 1.54) is 11.1 Å². The zero-order valence-electron chi connectivity index (χ0n) is 19.2. The Kier molecular flexibility index (Phi) is 8.60. The fourth-order valence-electron chi connectivity index (χ4n) is 4.30. The van der Waals surface area contributed by atoms with Crippen molar-refractivity contribution in [3.8, 4) is 0 Å². The predicted molar refractivity (Wildman–Crippen MR) is 129 cm³/mol. The van der Waals surface area contributed by atoms with Gasteiger partial charge in [0.15, 0.2) is 0 Å². The topological polar surface area (TPSA) is 49.8 Å². The average molecular weight is 432 g/mol. The van der Waals surface area contributed by atoms with Crippen molar-refractivity contribution in [3.05, 3.63) is 107 Å². The summed E-state index contributed by atoms with van der Waals surface area (Å²) in [5.41, 5.74) is 5.97. The molecule has 3 rings (SSSR count). The van der Waals surface area contributed by atoms with Crippen molar-refractivity contribution < 1.29 is 14.6 Å². The van der Waals surface area contributed by atoms with Gasteiger partial charge in [0.05, 0.1) is 19.8 Å². The molecule has 1 N–H and O–H groups in total. The summed E-state index contributed by atoms with van der Waals surface area (Å²) >= 11 is 0. The first-order valence-corrected chi connectivity index (χ1v) is 11.2. The van der Waals surface area contributed by atoms with Crippen LogP contribution in [0.2, 0.25) is 0 Å². The number of hydrogen-bond donors (Lipinski definition) is 1. The van der Waals surface area contributed by atoms with Gasteiger partial charge in [0.1, 0.15) is 0 Å². The first-order chi connectivity index (χ1) is 15.5. The molecule has 4 nitrogen and oxygen atoms in total. The summed E-state index contributed by atoms with van der Waals surface area (Å²) in [4.78, 5) is 13.4. The number of ether oxygens (including phenoxy) is 1. The lowest BCUT2D eigenvalue weighted by Gasteiger charge is -2.34. The van der Waals surface area contributed by atoms with Crippen molar-refractivity contribution in [1.82, 2.24) is 4.90 Å². The van der Waals surface area contributed by atoms with E-state index in [4.69, 9.17) is 4.74 Å². The molecule has 0 aliphatic carbocycles. The Hall–Kier alpha value is -2.95. The maximum absolute atomic E-state index is 11.5. The van der Waals surface area contributed by atoms with Crippen LogP contribution in [0.3, 0.4) is 0 Å². The van der Waals surface area contributed by atoms with Crippen LogP contribution in [0.15, 0.2) is 78.9 Å². The van der Waals surface area contributed by atoms with Gasteiger partial charge < -0.3 is 9.84 Å². The molecule has 0 radical (unpaired) electrons. The summed E-state index contributed by atoms with van der Waals surface area (Å²) in [6.07, 6.45) is 0.989. The molecule has 0 spiro atoms. The normalized spacial score (nSPS) is 12.3. The molecule has 1 atom stereocenters. The van der Waals surface area contributed by atoms with Crippen LogP contribution < -0.4 is 0 Å². The van der Waals surface area contributed by atoms with Crippen LogP contribution in [0.1, 0.15) is 40.7 Å². The highest BCUT2D eigenvalue weighted by Gasteiger charge is 2.29. The van der Waals surface area contributed by atoms with Crippen LogP contribution in [0, 0.1) is 6.92 Å². The molecule has 0 amide bonds. The van der Waals surface area contributed by atoms with Gasteiger partial charge >= 0.3 is 5.97 Å². The SMILES string of the molecule is CCc1cc(C)cc(COC[C@H](C(c2ccccc2)c2ccccc2)N(C)CC(=O)O)c1. The minimum absolute atomic E-state index is 0.00883. The van der Waals surface area contributed by atoms with Gasteiger partial charge in [0.25, 0.3) is 0 Å². The fraction of sp³-hybridized carbons (Fsp3) is 0.321. The largest absolute Gasteiger partial charge is 0.480 e. The molecular weight excluding hydrogens is 398 g/mol. The third-order valence-corrected chi connectivity index (χ3v) is 5.82. The van der Waals surface area contributed by atoms with E-state index in [2.05, 4.69) is 56.3 Å². The van der Waals surface area contributed by atoms with Crippen LogP contribution in [0.4, 0.5) is 0 Å². The number of aryl methyl sites for hydroxylation is 2. The lowest BCUT2D eigenvalue weighted by Crippen LogP contribution is -2.43. The number of hydrogen-bond acceptors (Lipinski definition) is 3. The maximum Gasteiger partial charge on any atom is 0.317 e. The number of likely N-dealkylation sites (N-methyl/N-ethyl adjacent to an activating group) is 1. The van der Waals surface area contributed by atoms with E-state index < -0.39 is 5.97 Å². The standard InChI is InChI=1S/C28H33NO3/c1-4-22-15-21(2)16-23(17-22)19-32-20-26(29(3)18-27(30)31)28(24-11-7-5-8-12-24)25-13-9-6-10-14-25/h5-17,26,28H,4,18-20H2,1-3H3,(H,30,31)/t26-/m1/s1. The molecule has 0 aliphatic rings. The lowest BCUT2D eigenvalue weighted by atomic mass is 9.84. The van der Waals surface area contributed by atoms with Crippen LogP contribution in [-0.2, 0) is 22.6 Å². The Morgan fingerprint density at radius 3 is 2.03 bits per heavy atom. The molecule has 0 heterocycles. The third kappa shape index (κ3) is 6.52. The minimum atomic E-state index is -0.844. The second-order valence-corrected chi connectivity index (χ2v) is 8.37. The molecule has 0 bridgehead atoms. The highest BCUT2D eigenvalue weighted by Crippen LogP contribution is 2.31. The number of rotatable bonds is 11. The van der Waals surface area contributed by atoms with Crippen LogP contribution in [0.25, 0.3) is 0 Å². The van der Waals surface area contributed by atoms with Gasteiger partial charge in [-0.1, -0.05) is 91.3 Å². The second-order valence-electron chi connectivity index (χ2n) is 8.37. The molecule has 32 heavy (non-hydrogen) atoms. The van der Waals surface area contributed by atoms with Crippen molar-refractivity contribution in [3.63, 3.8) is 0 Å². The average Bonchev–Trinajstić information content (AvgIpc) is 2.79. The minimum Gasteiger partial charge on any atom is -0.480 e. The zero-order chi connectivity index (χ0) is 22.9. The van der Waals surface area contributed by atoms with Crippen LogP contribution >= 0.6 is 0 Å². The highest BCUT2D eigenvalue weighted by atomic mass is 16.5. The molecule has 0 aliphatic heterocycles. The summed E-state index contributed by atoms with van der Waals surface area (Å²) in [7, 11) is 1.86. The Morgan fingerprint density at radius 2 is 1.50 bits per heavy atom. The molecular formula is C28H33NO3. The van der Waals surface area contributed by atoms with Crippen LogP contribution in [-0.4, -0.2) is 42.2 Å². The molecule has 3 aromatic carbocycles. The van der Waals surface area contributed by atoms with Crippen molar-refractivity contribution in [1.29, 1.82) is 0 Å². The van der Waals surface area contributed by atoms with Crippen molar-refractivity contribution >= 4 is 5.97 Å². The number of carboxylic acids is 1. The summed E-state index contributed by atoms with van der Waals surface area (Å²) in [6, 6.07) is 26.9. The number of benzene rings is 3. The van der Waals surface area contributed by atoms with Crippen LogP contribution in [0.5, 0.6) is 0 Å². The van der Waals surface area contributed by atoms with Gasteiger partial charge in [-0.05, 0) is 42.6 Å². The Bertz CT molecular complexity index is 949. The van der Waals surface area contributed by atoms with Gasteiger partial charge in [0, 0.05) is 12.0 Å². The predicted octanol–water partition coefficient (Wildman–Crippen LogP) is 5.29. The van der Waals surface area contributed by atoms with E-state index in [0.717, 1.165) is 23.1 Å². The van der Waals surface area contributed by atoms with E-state index in [1.54, 1.807) is 0 Å². The Balaban J connectivity index is 1.88. The number of aliphatic carboxylic acids is 1. The second kappa shape index (κ2) is 11.6. The van der Waals surface area contributed by atoms with Crippen molar-refractivity contribution in [2.75, 3.05) is 20.2 Å². The highest BCUT2D eigenvalue weighted by molar-refractivity contribution is 5.69. The quantitative estimate of drug-likeness (QED) is 0.448. The molecule has 0 saturated heterocycles.